The van der Waals surface area contributed by atoms with E-state index in [4.69, 9.17) is 4.74 Å². The van der Waals surface area contributed by atoms with Gasteiger partial charge in [-0.05, 0) is 74.4 Å². The van der Waals surface area contributed by atoms with E-state index in [0.717, 1.165) is 15.4 Å². The van der Waals surface area contributed by atoms with Crippen LogP contribution in [-0.2, 0) is 26.2 Å². The van der Waals surface area contributed by atoms with Crippen LogP contribution in [0.2, 0.25) is 0 Å². The molecule has 2 amide bonds. The van der Waals surface area contributed by atoms with Crippen LogP contribution in [0.5, 0.6) is 11.5 Å². The molecule has 4 aromatic carbocycles. The molecular weight excluding hydrogens is 562 g/mol. The van der Waals surface area contributed by atoms with Gasteiger partial charge >= 0.3 is 0 Å². The van der Waals surface area contributed by atoms with Crippen molar-refractivity contribution in [3.05, 3.63) is 120 Å². The molecule has 0 aliphatic rings. The second kappa shape index (κ2) is 14.5. The number of amides is 2. The summed E-state index contributed by atoms with van der Waals surface area (Å²) in [6, 6.07) is 30.8. The maximum Gasteiger partial charge on any atom is 0.264 e. The number of aryl methyl sites for hydroxylation is 1. The monoisotopic (exact) mass is 599 g/mol. The molecule has 0 aromatic heterocycles. The summed E-state index contributed by atoms with van der Waals surface area (Å²) in [6.07, 6.45) is 0.362. The van der Waals surface area contributed by atoms with Crippen LogP contribution in [-0.4, -0.2) is 44.3 Å². The summed E-state index contributed by atoms with van der Waals surface area (Å²) < 4.78 is 35.1. The van der Waals surface area contributed by atoms with Crippen molar-refractivity contribution in [2.75, 3.05) is 17.4 Å². The molecule has 0 aliphatic heterocycles. The molecule has 0 spiro atoms. The van der Waals surface area contributed by atoms with E-state index in [9.17, 15) is 18.0 Å². The number of anilines is 1. The third kappa shape index (κ3) is 8.02. The maximum atomic E-state index is 14.1. The molecule has 1 N–H and O–H groups in total. The first kappa shape index (κ1) is 31.3. The van der Waals surface area contributed by atoms with Crippen LogP contribution in [0.25, 0.3) is 0 Å². The average Bonchev–Trinajstić information content (AvgIpc) is 3.01. The Hall–Kier alpha value is -4.63. The lowest BCUT2D eigenvalue weighted by molar-refractivity contribution is -0.140. The second-order valence-electron chi connectivity index (χ2n) is 10.1. The van der Waals surface area contributed by atoms with Crippen molar-refractivity contribution < 1.29 is 22.7 Å². The van der Waals surface area contributed by atoms with Gasteiger partial charge in [0.25, 0.3) is 10.0 Å². The summed E-state index contributed by atoms with van der Waals surface area (Å²) in [7, 11) is -4.16. The van der Waals surface area contributed by atoms with Gasteiger partial charge in [-0.1, -0.05) is 73.2 Å². The Morgan fingerprint density at radius 2 is 1.37 bits per heavy atom. The van der Waals surface area contributed by atoms with Crippen molar-refractivity contribution in [1.82, 2.24) is 10.2 Å². The van der Waals surface area contributed by atoms with E-state index in [1.165, 1.54) is 17.0 Å². The van der Waals surface area contributed by atoms with E-state index in [1.54, 1.807) is 36.4 Å². The van der Waals surface area contributed by atoms with E-state index in [2.05, 4.69) is 5.32 Å². The summed E-state index contributed by atoms with van der Waals surface area (Å²) in [6.45, 7) is 5.58. The first-order valence-electron chi connectivity index (χ1n) is 14.3. The normalized spacial score (nSPS) is 11.8. The lowest BCUT2D eigenvalue weighted by atomic mass is 10.1. The molecule has 0 radical (unpaired) electrons. The zero-order valence-electron chi connectivity index (χ0n) is 24.6. The predicted molar refractivity (Wildman–Crippen MR) is 168 cm³/mol. The fourth-order valence-electron chi connectivity index (χ4n) is 4.66. The molecule has 43 heavy (non-hydrogen) atoms. The fraction of sp³-hybridized carbons (Fsp3) is 0.235. The number of ether oxygens (including phenoxy) is 1. The lowest BCUT2D eigenvalue weighted by Crippen LogP contribution is -2.52. The number of carbonyl (C=O) groups is 2. The highest BCUT2D eigenvalue weighted by Crippen LogP contribution is 2.29. The fourth-order valence-corrected chi connectivity index (χ4v) is 6.08. The zero-order valence-corrected chi connectivity index (χ0v) is 25.5. The Balaban J connectivity index is 1.71. The number of rotatable bonds is 13. The van der Waals surface area contributed by atoms with Gasteiger partial charge < -0.3 is 15.0 Å². The molecule has 4 aromatic rings. The standard InChI is InChI=1S/C34H37N3O5S/c1-4-32(34(39)35-5-2)36(24-27-12-8-6-9-13-27)33(38)25-37(43(40,41)31-22-16-26(3)17-23-31)28-18-20-30(21-19-28)42-29-14-10-7-11-15-29/h6-23,32H,4-5,24-25H2,1-3H3,(H,35,39). The molecule has 1 unspecified atom stereocenters. The minimum atomic E-state index is -4.16. The third-order valence-corrected chi connectivity index (χ3v) is 8.71. The van der Waals surface area contributed by atoms with Crippen molar-refractivity contribution in [1.29, 1.82) is 0 Å². The number of para-hydroxylation sites is 1. The zero-order chi connectivity index (χ0) is 30.8. The minimum Gasteiger partial charge on any atom is -0.457 e. The Labute approximate surface area is 254 Å². The first-order chi connectivity index (χ1) is 20.7. The molecule has 0 heterocycles. The molecule has 224 valence electrons. The van der Waals surface area contributed by atoms with Crippen LogP contribution in [0.1, 0.15) is 31.4 Å². The third-order valence-electron chi connectivity index (χ3n) is 6.92. The van der Waals surface area contributed by atoms with E-state index in [-0.39, 0.29) is 17.3 Å². The van der Waals surface area contributed by atoms with Crippen molar-refractivity contribution in [3.8, 4) is 11.5 Å². The van der Waals surface area contributed by atoms with Crippen LogP contribution >= 0.6 is 0 Å². The van der Waals surface area contributed by atoms with Gasteiger partial charge in [0, 0.05) is 13.1 Å². The van der Waals surface area contributed by atoms with E-state index >= 15 is 0 Å². The number of hydrogen-bond acceptors (Lipinski definition) is 5. The number of nitrogens with one attached hydrogen (secondary N) is 1. The van der Waals surface area contributed by atoms with Crippen LogP contribution in [0, 0.1) is 6.92 Å². The number of benzene rings is 4. The molecular formula is C34H37N3O5S. The van der Waals surface area contributed by atoms with Crippen molar-refractivity contribution in [2.45, 2.75) is 44.7 Å². The van der Waals surface area contributed by atoms with Gasteiger partial charge in [0.2, 0.25) is 11.8 Å². The summed E-state index contributed by atoms with van der Waals surface area (Å²) in [5, 5.41) is 2.81. The smallest absolute Gasteiger partial charge is 0.264 e. The van der Waals surface area contributed by atoms with Crippen LogP contribution in [0.4, 0.5) is 5.69 Å². The van der Waals surface area contributed by atoms with Gasteiger partial charge in [0.15, 0.2) is 0 Å². The second-order valence-corrected chi connectivity index (χ2v) is 11.9. The quantitative estimate of drug-likeness (QED) is 0.206. The van der Waals surface area contributed by atoms with Gasteiger partial charge in [-0.2, -0.15) is 0 Å². The van der Waals surface area contributed by atoms with Crippen molar-refractivity contribution >= 4 is 27.5 Å². The molecule has 0 aliphatic carbocycles. The van der Waals surface area contributed by atoms with Crippen LogP contribution in [0.3, 0.4) is 0 Å². The number of hydrogen-bond donors (Lipinski definition) is 1. The Morgan fingerprint density at radius 3 is 1.95 bits per heavy atom. The van der Waals surface area contributed by atoms with Crippen molar-refractivity contribution in [3.63, 3.8) is 0 Å². The lowest BCUT2D eigenvalue weighted by Gasteiger charge is -2.33. The SMILES string of the molecule is CCNC(=O)C(CC)N(Cc1ccccc1)C(=O)CN(c1ccc(Oc2ccccc2)cc1)S(=O)(=O)c1ccc(C)cc1. The summed E-state index contributed by atoms with van der Waals surface area (Å²) in [4.78, 5) is 28.7. The average molecular weight is 600 g/mol. The molecule has 1 atom stereocenters. The highest BCUT2D eigenvalue weighted by Gasteiger charge is 2.33. The van der Waals surface area contributed by atoms with Gasteiger partial charge in [0.05, 0.1) is 10.6 Å². The van der Waals surface area contributed by atoms with Crippen LogP contribution in [0.15, 0.2) is 114 Å². The Morgan fingerprint density at radius 1 is 0.791 bits per heavy atom. The number of carbonyl (C=O) groups excluding carboxylic acids is 2. The Bertz CT molecular complexity index is 1590. The Kier molecular flexibility index (Phi) is 10.6. The van der Waals surface area contributed by atoms with E-state index < -0.39 is 28.5 Å². The van der Waals surface area contributed by atoms with Crippen LogP contribution < -0.4 is 14.4 Å². The molecule has 0 bridgehead atoms. The first-order valence-corrected chi connectivity index (χ1v) is 15.7. The van der Waals surface area contributed by atoms with Crippen molar-refractivity contribution in [2.24, 2.45) is 0 Å². The highest BCUT2D eigenvalue weighted by molar-refractivity contribution is 7.92. The molecule has 0 saturated heterocycles. The van der Waals surface area contributed by atoms with E-state index in [0.29, 0.717) is 30.2 Å². The number of sulfonamides is 1. The molecule has 9 heteroatoms. The molecule has 0 saturated carbocycles. The number of nitrogens with zero attached hydrogens (tertiary/aromatic N) is 2. The van der Waals surface area contributed by atoms with Gasteiger partial charge in [-0.3, -0.25) is 13.9 Å². The highest BCUT2D eigenvalue weighted by atomic mass is 32.2. The molecule has 8 nitrogen and oxygen atoms in total. The summed E-state index contributed by atoms with van der Waals surface area (Å²) in [5.74, 6) is 0.371. The maximum absolute atomic E-state index is 14.1. The number of likely N-dealkylation sites (N-methyl/N-ethyl adjacent to an activating group) is 1. The van der Waals surface area contributed by atoms with Gasteiger partial charge in [0.1, 0.15) is 24.1 Å². The summed E-state index contributed by atoms with van der Waals surface area (Å²) in [5.41, 5.74) is 2.03. The van der Waals surface area contributed by atoms with Gasteiger partial charge in [-0.15, -0.1) is 0 Å². The van der Waals surface area contributed by atoms with Gasteiger partial charge in [-0.25, -0.2) is 8.42 Å². The minimum absolute atomic E-state index is 0.0564. The topological polar surface area (TPSA) is 96.0 Å². The largest absolute Gasteiger partial charge is 0.457 e. The van der Waals surface area contributed by atoms with E-state index in [1.807, 2.05) is 81.4 Å². The molecule has 4 rings (SSSR count). The predicted octanol–water partition coefficient (Wildman–Crippen LogP) is 5.93. The molecule has 0 fully saturated rings. The summed E-state index contributed by atoms with van der Waals surface area (Å²) >= 11 is 0.